The highest BCUT2D eigenvalue weighted by Gasteiger charge is 2.05. The van der Waals surface area contributed by atoms with Crippen molar-refractivity contribution >= 4 is 11.8 Å². The Morgan fingerprint density at radius 3 is 2.80 bits per heavy atom. The Morgan fingerprint density at radius 1 is 1.30 bits per heavy atom. The third-order valence-electron chi connectivity index (χ3n) is 2.55. The molecule has 2 rings (SSSR count). The van der Waals surface area contributed by atoms with Crippen LogP contribution >= 0.6 is 0 Å². The molecule has 0 radical (unpaired) electrons. The maximum atomic E-state index is 11.7. The molecule has 104 valence electrons. The standard InChI is InChI=1S/C13H14N4O3/c1-20-10-5-3-2-4-9(10)8-14-13(19)15-11-6-7-12(18)17-16-11/h2-7H,8H2,1H3,(H,17,18)(H2,14,15,16,19). The van der Waals surface area contributed by atoms with Gasteiger partial charge in [0.15, 0.2) is 5.82 Å². The van der Waals surface area contributed by atoms with E-state index >= 15 is 0 Å². The van der Waals surface area contributed by atoms with Crippen LogP contribution < -0.4 is 20.9 Å². The number of anilines is 1. The first-order valence-corrected chi connectivity index (χ1v) is 5.91. The molecule has 0 aliphatic rings. The Morgan fingerprint density at radius 2 is 2.10 bits per heavy atom. The first-order chi connectivity index (χ1) is 9.69. The van der Waals surface area contributed by atoms with Crippen molar-refractivity contribution in [3.8, 4) is 5.75 Å². The molecule has 0 saturated heterocycles. The maximum Gasteiger partial charge on any atom is 0.320 e. The minimum Gasteiger partial charge on any atom is -0.496 e. The van der Waals surface area contributed by atoms with Crippen LogP contribution in [0.2, 0.25) is 0 Å². The van der Waals surface area contributed by atoms with Crippen LogP contribution in [0, 0.1) is 0 Å². The van der Waals surface area contributed by atoms with Gasteiger partial charge in [-0.2, -0.15) is 5.10 Å². The first kappa shape index (κ1) is 13.6. The second-order valence-corrected chi connectivity index (χ2v) is 3.93. The number of aromatic amines is 1. The number of benzene rings is 1. The van der Waals surface area contributed by atoms with Crippen LogP contribution in [0.15, 0.2) is 41.2 Å². The summed E-state index contributed by atoms with van der Waals surface area (Å²) in [6.07, 6.45) is 0. The summed E-state index contributed by atoms with van der Waals surface area (Å²) in [5.74, 6) is 0.970. The number of nitrogens with zero attached hydrogens (tertiary/aromatic N) is 1. The summed E-state index contributed by atoms with van der Waals surface area (Å²) < 4.78 is 5.19. The number of hydrogen-bond acceptors (Lipinski definition) is 4. The van der Waals surface area contributed by atoms with E-state index in [2.05, 4.69) is 20.8 Å². The van der Waals surface area contributed by atoms with Crippen LogP contribution in [0.25, 0.3) is 0 Å². The van der Waals surface area contributed by atoms with Gasteiger partial charge in [-0.3, -0.25) is 10.1 Å². The second kappa shape index (κ2) is 6.37. The van der Waals surface area contributed by atoms with E-state index in [0.29, 0.717) is 12.3 Å². The number of para-hydroxylation sites is 1. The van der Waals surface area contributed by atoms with Crippen LogP contribution in [-0.4, -0.2) is 23.3 Å². The third kappa shape index (κ3) is 3.58. The minimum absolute atomic E-state index is 0.266. The number of aromatic nitrogens is 2. The smallest absolute Gasteiger partial charge is 0.320 e. The van der Waals surface area contributed by atoms with Crippen LogP contribution in [0.4, 0.5) is 10.6 Å². The van der Waals surface area contributed by atoms with Gasteiger partial charge in [0.1, 0.15) is 5.75 Å². The fourth-order valence-electron chi connectivity index (χ4n) is 1.60. The molecule has 0 bridgehead atoms. The molecule has 0 unspecified atom stereocenters. The van der Waals surface area contributed by atoms with Crippen LogP contribution in [0.1, 0.15) is 5.56 Å². The molecule has 3 N–H and O–H groups in total. The zero-order valence-electron chi connectivity index (χ0n) is 10.8. The number of methoxy groups -OCH3 is 1. The lowest BCUT2D eigenvalue weighted by molar-refractivity contribution is 0.251. The molecule has 0 fully saturated rings. The van der Waals surface area contributed by atoms with Gasteiger partial charge >= 0.3 is 6.03 Å². The van der Waals surface area contributed by atoms with Crippen LogP contribution in [0.3, 0.4) is 0 Å². The monoisotopic (exact) mass is 274 g/mol. The number of carbonyl (C=O) groups is 1. The molecule has 2 aromatic rings. The van der Waals surface area contributed by atoms with Crippen molar-refractivity contribution in [3.63, 3.8) is 0 Å². The van der Waals surface area contributed by atoms with Crippen molar-refractivity contribution in [2.24, 2.45) is 0 Å². The number of amides is 2. The van der Waals surface area contributed by atoms with E-state index in [4.69, 9.17) is 4.74 Å². The van der Waals surface area contributed by atoms with Crippen molar-refractivity contribution in [1.82, 2.24) is 15.5 Å². The molecule has 1 aromatic carbocycles. The largest absolute Gasteiger partial charge is 0.496 e. The van der Waals surface area contributed by atoms with E-state index in [0.717, 1.165) is 5.56 Å². The van der Waals surface area contributed by atoms with Crippen molar-refractivity contribution in [2.45, 2.75) is 6.54 Å². The van der Waals surface area contributed by atoms with Gasteiger partial charge in [0.2, 0.25) is 0 Å². The Labute approximate surface area is 115 Å². The summed E-state index contributed by atoms with van der Waals surface area (Å²) in [5.41, 5.74) is 0.532. The van der Waals surface area contributed by atoms with Crippen molar-refractivity contribution in [1.29, 1.82) is 0 Å². The molecule has 0 aliphatic carbocycles. The molecule has 0 aliphatic heterocycles. The number of hydrogen-bond donors (Lipinski definition) is 3. The Balaban J connectivity index is 1.92. The lowest BCUT2D eigenvalue weighted by Crippen LogP contribution is -2.29. The highest BCUT2D eigenvalue weighted by Crippen LogP contribution is 2.16. The molecule has 1 aromatic heterocycles. The van der Waals surface area contributed by atoms with Gasteiger partial charge in [0.25, 0.3) is 5.56 Å². The van der Waals surface area contributed by atoms with Gasteiger partial charge in [0, 0.05) is 18.2 Å². The predicted molar refractivity (Wildman–Crippen MR) is 73.7 cm³/mol. The molecule has 0 spiro atoms. The highest BCUT2D eigenvalue weighted by molar-refractivity contribution is 5.88. The topological polar surface area (TPSA) is 96.1 Å². The summed E-state index contributed by atoms with van der Waals surface area (Å²) in [6.45, 7) is 0.319. The SMILES string of the molecule is COc1ccccc1CNC(=O)Nc1ccc(=O)[nH]n1. The summed E-state index contributed by atoms with van der Waals surface area (Å²) in [7, 11) is 1.57. The van der Waals surface area contributed by atoms with Gasteiger partial charge in [0.05, 0.1) is 7.11 Å². The molecule has 0 saturated carbocycles. The molecule has 1 heterocycles. The molecule has 7 nitrogen and oxygen atoms in total. The van der Waals surface area contributed by atoms with Crippen molar-refractivity contribution in [2.75, 3.05) is 12.4 Å². The van der Waals surface area contributed by atoms with Crippen LogP contribution in [-0.2, 0) is 6.54 Å². The molecule has 0 atom stereocenters. The fraction of sp³-hybridized carbons (Fsp3) is 0.154. The Kier molecular flexibility index (Phi) is 4.33. The van der Waals surface area contributed by atoms with Crippen molar-refractivity contribution in [3.05, 3.63) is 52.3 Å². The number of carbonyl (C=O) groups excluding carboxylic acids is 1. The fourth-order valence-corrected chi connectivity index (χ4v) is 1.60. The van der Waals surface area contributed by atoms with Gasteiger partial charge < -0.3 is 10.1 Å². The van der Waals surface area contributed by atoms with Crippen LogP contribution in [0.5, 0.6) is 5.75 Å². The van der Waals surface area contributed by atoms with Gasteiger partial charge in [-0.05, 0) is 12.1 Å². The predicted octanol–water partition coefficient (Wildman–Crippen LogP) is 1.10. The Bertz CT molecular complexity index is 634. The zero-order chi connectivity index (χ0) is 14.4. The van der Waals surface area contributed by atoms with E-state index < -0.39 is 6.03 Å². The quantitative estimate of drug-likeness (QED) is 0.777. The molecular weight excluding hydrogens is 260 g/mol. The summed E-state index contributed by atoms with van der Waals surface area (Å²) in [4.78, 5) is 22.5. The number of urea groups is 1. The minimum atomic E-state index is -0.421. The van der Waals surface area contributed by atoms with E-state index in [1.54, 1.807) is 7.11 Å². The number of rotatable bonds is 4. The van der Waals surface area contributed by atoms with E-state index in [9.17, 15) is 9.59 Å². The highest BCUT2D eigenvalue weighted by atomic mass is 16.5. The lowest BCUT2D eigenvalue weighted by atomic mass is 10.2. The third-order valence-corrected chi connectivity index (χ3v) is 2.55. The van der Waals surface area contributed by atoms with Gasteiger partial charge in [-0.15, -0.1) is 0 Å². The number of nitrogens with one attached hydrogen (secondary N) is 3. The molecule has 7 heteroatoms. The average Bonchev–Trinajstić information content (AvgIpc) is 2.48. The maximum absolute atomic E-state index is 11.7. The summed E-state index contributed by atoms with van der Waals surface area (Å²) in [6, 6.07) is 9.67. The summed E-state index contributed by atoms with van der Waals surface area (Å²) >= 11 is 0. The van der Waals surface area contributed by atoms with Crippen molar-refractivity contribution < 1.29 is 9.53 Å². The first-order valence-electron chi connectivity index (χ1n) is 5.91. The zero-order valence-corrected chi connectivity index (χ0v) is 10.8. The number of H-pyrrole nitrogens is 1. The number of ether oxygens (including phenoxy) is 1. The van der Waals surface area contributed by atoms with Gasteiger partial charge in [-0.25, -0.2) is 9.89 Å². The second-order valence-electron chi connectivity index (χ2n) is 3.93. The lowest BCUT2D eigenvalue weighted by Gasteiger charge is -2.09. The molecule has 2 amide bonds. The van der Waals surface area contributed by atoms with E-state index in [-0.39, 0.29) is 11.4 Å². The summed E-state index contributed by atoms with van der Waals surface area (Å²) in [5, 5.41) is 11.1. The van der Waals surface area contributed by atoms with E-state index in [1.165, 1.54) is 12.1 Å². The molecule has 20 heavy (non-hydrogen) atoms. The normalized spacial score (nSPS) is 9.85. The van der Waals surface area contributed by atoms with E-state index in [1.807, 2.05) is 24.3 Å². The average molecular weight is 274 g/mol. The molecular formula is C13H14N4O3. The Hall–Kier alpha value is -2.83. The van der Waals surface area contributed by atoms with Gasteiger partial charge in [-0.1, -0.05) is 18.2 Å².